The monoisotopic (exact) mass is 422 g/mol. The van der Waals surface area contributed by atoms with Gasteiger partial charge in [0, 0.05) is 3.57 Å². The van der Waals surface area contributed by atoms with Crippen LogP contribution in [0.3, 0.4) is 0 Å². The minimum atomic E-state index is -4.74. The normalized spacial score (nSPS) is 13.3. The summed E-state index contributed by atoms with van der Waals surface area (Å²) in [6.45, 7) is 1.35. The number of benzene rings is 1. The molecule has 94 valence electrons. The van der Waals surface area contributed by atoms with Gasteiger partial charge in [-0.15, -0.1) is 13.2 Å². The van der Waals surface area contributed by atoms with E-state index in [4.69, 9.17) is 0 Å². The Morgan fingerprint density at radius 3 is 2.47 bits per heavy atom. The van der Waals surface area contributed by atoms with Gasteiger partial charge in [0.1, 0.15) is 11.5 Å². The lowest BCUT2D eigenvalue weighted by molar-refractivity contribution is -0.274. The number of hydrogen-bond acceptors (Lipinski definition) is 2. The van der Waals surface area contributed by atoms with Crippen molar-refractivity contribution in [1.29, 1.82) is 0 Å². The highest BCUT2D eigenvalue weighted by Crippen LogP contribution is 2.31. The van der Waals surface area contributed by atoms with E-state index in [0.717, 1.165) is 0 Å². The van der Waals surface area contributed by atoms with Crippen LogP contribution in [-0.4, -0.2) is 12.1 Å². The molecule has 0 aromatic heterocycles. The summed E-state index contributed by atoms with van der Waals surface area (Å²) in [5.74, 6) is -0.518. The van der Waals surface area contributed by atoms with Gasteiger partial charge >= 0.3 is 6.36 Å². The second-order valence-electron chi connectivity index (χ2n) is 3.24. The number of alkyl halides is 4. The summed E-state index contributed by atoms with van der Waals surface area (Å²) in [7, 11) is 0. The first-order valence-electron chi connectivity index (χ1n) is 4.40. The van der Waals surface area contributed by atoms with Crippen molar-refractivity contribution in [3.05, 3.63) is 27.3 Å². The third-order valence-corrected chi connectivity index (χ3v) is 3.57. The van der Waals surface area contributed by atoms with E-state index < -0.39 is 11.2 Å². The van der Waals surface area contributed by atoms with E-state index in [1.165, 1.54) is 19.1 Å². The fourth-order valence-corrected chi connectivity index (χ4v) is 2.09. The molecule has 17 heavy (non-hydrogen) atoms. The topological polar surface area (TPSA) is 26.3 Å². The number of Topliss-reactive ketones (excluding diaryl/α,β-unsaturated/α-hetero) is 1. The maximum Gasteiger partial charge on any atom is 0.573 e. The average Bonchev–Trinajstić information content (AvgIpc) is 2.12. The quantitative estimate of drug-likeness (QED) is 0.538. The second-order valence-corrected chi connectivity index (χ2v) is 5.40. The molecule has 0 aliphatic heterocycles. The molecule has 0 bridgehead atoms. The highest BCUT2D eigenvalue weighted by atomic mass is 127. The van der Waals surface area contributed by atoms with Gasteiger partial charge in [0.05, 0.1) is 4.83 Å². The summed E-state index contributed by atoms with van der Waals surface area (Å²) < 4.78 is 40.6. The Labute approximate surface area is 118 Å². The fourth-order valence-electron chi connectivity index (χ4n) is 1.16. The molecule has 0 fully saturated rings. The van der Waals surface area contributed by atoms with Crippen molar-refractivity contribution in [3.63, 3.8) is 0 Å². The maximum absolute atomic E-state index is 12.1. The number of halogens is 5. The average molecular weight is 423 g/mol. The Morgan fingerprint density at radius 2 is 2.00 bits per heavy atom. The Balaban J connectivity index is 3.06. The first kappa shape index (κ1) is 14.7. The Bertz CT molecular complexity index is 434. The summed E-state index contributed by atoms with van der Waals surface area (Å²) in [6, 6.07) is 4.05. The van der Waals surface area contributed by atoms with Crippen LogP contribution >= 0.6 is 38.5 Å². The smallest absolute Gasteiger partial charge is 0.406 e. The molecule has 0 radical (unpaired) electrons. The first-order valence-corrected chi connectivity index (χ1v) is 6.39. The molecule has 0 spiro atoms. The third kappa shape index (κ3) is 4.82. The molecule has 1 unspecified atom stereocenters. The lowest BCUT2D eigenvalue weighted by Crippen LogP contribution is -2.17. The van der Waals surface area contributed by atoms with Crippen LogP contribution in [0.25, 0.3) is 0 Å². The van der Waals surface area contributed by atoms with Gasteiger partial charge in [-0.2, -0.15) is 0 Å². The zero-order chi connectivity index (χ0) is 13.2. The van der Waals surface area contributed by atoms with E-state index in [9.17, 15) is 18.0 Å². The van der Waals surface area contributed by atoms with Crippen molar-refractivity contribution in [3.8, 4) is 5.75 Å². The van der Waals surface area contributed by atoms with Crippen LogP contribution in [0.15, 0.2) is 18.2 Å². The van der Waals surface area contributed by atoms with Gasteiger partial charge in [0.25, 0.3) is 0 Å². The molecule has 2 nitrogen and oxygen atoms in total. The molecule has 0 N–H and O–H groups in total. The number of rotatable bonds is 3. The van der Waals surface area contributed by atoms with Gasteiger partial charge in [0.2, 0.25) is 0 Å². The van der Waals surface area contributed by atoms with E-state index in [2.05, 4.69) is 20.7 Å². The molecule has 0 saturated carbocycles. The van der Waals surface area contributed by atoms with Crippen molar-refractivity contribution in [2.24, 2.45) is 0 Å². The Morgan fingerprint density at radius 1 is 1.41 bits per heavy atom. The summed E-state index contributed by atoms with van der Waals surface area (Å²) in [6.07, 6.45) is -4.74. The van der Waals surface area contributed by atoms with Crippen molar-refractivity contribution in [2.45, 2.75) is 18.1 Å². The van der Waals surface area contributed by atoms with Gasteiger partial charge in [0.15, 0.2) is 0 Å². The predicted molar refractivity (Wildman–Crippen MR) is 68.2 cm³/mol. The fraction of sp³-hybridized carbons (Fsp3) is 0.300. The molecular weight excluding hydrogens is 416 g/mol. The largest absolute Gasteiger partial charge is 0.573 e. The standard InChI is InChI=1S/C10H7BrF3IO2/c1-5(16)9(11)6-2-7(15)4-8(3-6)17-10(12,13)14/h2-4,9H,1H3. The van der Waals surface area contributed by atoms with Gasteiger partial charge in [-0.05, 0) is 53.3 Å². The van der Waals surface area contributed by atoms with Crippen molar-refractivity contribution in [1.82, 2.24) is 0 Å². The molecule has 0 saturated heterocycles. The van der Waals surface area contributed by atoms with Crippen LogP contribution in [0.4, 0.5) is 13.2 Å². The molecule has 1 aromatic carbocycles. The van der Waals surface area contributed by atoms with E-state index in [0.29, 0.717) is 9.13 Å². The van der Waals surface area contributed by atoms with Gasteiger partial charge in [-0.1, -0.05) is 15.9 Å². The molecular formula is C10H7BrF3IO2. The molecule has 0 amide bonds. The van der Waals surface area contributed by atoms with E-state index in [-0.39, 0.29) is 11.5 Å². The van der Waals surface area contributed by atoms with Crippen LogP contribution in [-0.2, 0) is 4.79 Å². The van der Waals surface area contributed by atoms with Crippen LogP contribution in [0.2, 0.25) is 0 Å². The number of carbonyl (C=O) groups is 1. The van der Waals surface area contributed by atoms with Gasteiger partial charge in [-0.3, -0.25) is 4.79 Å². The highest BCUT2D eigenvalue weighted by Gasteiger charge is 2.31. The molecule has 1 aromatic rings. The van der Waals surface area contributed by atoms with Gasteiger partial charge in [-0.25, -0.2) is 0 Å². The number of hydrogen-bond donors (Lipinski definition) is 0. The summed E-state index contributed by atoms with van der Waals surface area (Å²) in [5, 5.41) is 0. The molecule has 7 heteroatoms. The van der Waals surface area contributed by atoms with Crippen molar-refractivity contribution >= 4 is 44.3 Å². The molecule has 1 atom stereocenters. The minimum absolute atomic E-state index is 0.190. The zero-order valence-corrected chi connectivity index (χ0v) is 12.3. The van der Waals surface area contributed by atoms with E-state index in [1.54, 1.807) is 6.07 Å². The maximum atomic E-state index is 12.1. The SMILES string of the molecule is CC(=O)C(Br)c1cc(I)cc(OC(F)(F)F)c1. The third-order valence-electron chi connectivity index (χ3n) is 1.78. The minimum Gasteiger partial charge on any atom is -0.406 e. The van der Waals surface area contributed by atoms with Gasteiger partial charge < -0.3 is 4.74 Å². The van der Waals surface area contributed by atoms with Crippen LogP contribution < -0.4 is 4.74 Å². The van der Waals surface area contributed by atoms with Crippen molar-refractivity contribution in [2.75, 3.05) is 0 Å². The Hall–Kier alpha value is -0.310. The van der Waals surface area contributed by atoms with Crippen LogP contribution in [0.1, 0.15) is 17.3 Å². The molecule has 0 heterocycles. The summed E-state index contributed by atoms with van der Waals surface area (Å²) in [4.78, 5) is 10.5. The molecule has 0 aliphatic carbocycles. The van der Waals surface area contributed by atoms with Crippen LogP contribution in [0, 0.1) is 3.57 Å². The number of carbonyl (C=O) groups excluding carboxylic acids is 1. The second kappa shape index (κ2) is 5.55. The van der Waals surface area contributed by atoms with E-state index in [1.807, 2.05) is 22.6 Å². The lowest BCUT2D eigenvalue weighted by atomic mass is 10.1. The summed E-state index contributed by atoms with van der Waals surface area (Å²) in [5.41, 5.74) is 0.434. The first-order chi connectivity index (χ1) is 7.69. The van der Waals surface area contributed by atoms with E-state index >= 15 is 0 Å². The Kier molecular flexibility index (Phi) is 4.82. The molecule has 1 rings (SSSR count). The predicted octanol–water partition coefficient (Wildman–Crippen LogP) is 4.21. The van der Waals surface area contributed by atoms with Crippen LogP contribution in [0.5, 0.6) is 5.75 Å². The zero-order valence-electron chi connectivity index (χ0n) is 8.52. The lowest BCUT2D eigenvalue weighted by Gasteiger charge is -2.12. The number of ketones is 1. The summed E-state index contributed by atoms with van der Waals surface area (Å²) >= 11 is 4.97. The number of ether oxygens (including phenoxy) is 1. The highest BCUT2D eigenvalue weighted by molar-refractivity contribution is 14.1. The van der Waals surface area contributed by atoms with Crippen molar-refractivity contribution < 1.29 is 22.7 Å². The molecule has 0 aliphatic rings.